The lowest BCUT2D eigenvalue weighted by molar-refractivity contribution is -0.149. The highest BCUT2D eigenvalue weighted by Crippen LogP contribution is 2.32. The van der Waals surface area contributed by atoms with Gasteiger partial charge in [-0.2, -0.15) is 0 Å². The van der Waals surface area contributed by atoms with E-state index in [0.717, 1.165) is 30.1 Å². The lowest BCUT2D eigenvalue weighted by Gasteiger charge is -2.46. The Bertz CT molecular complexity index is 981. The Labute approximate surface area is 206 Å². The van der Waals surface area contributed by atoms with Crippen molar-refractivity contribution in [3.8, 4) is 11.5 Å². The van der Waals surface area contributed by atoms with Crippen LogP contribution < -0.4 is 14.4 Å². The Kier molecular flexibility index (Phi) is 7.60. The zero-order valence-electron chi connectivity index (χ0n) is 19.9. The summed E-state index contributed by atoms with van der Waals surface area (Å²) >= 11 is 6.22. The molecule has 2 aromatic carbocycles. The van der Waals surface area contributed by atoms with Gasteiger partial charge in [0.15, 0.2) is 0 Å². The van der Waals surface area contributed by atoms with Crippen molar-refractivity contribution < 1.29 is 24.8 Å². The number of likely N-dealkylation sites (tertiary alicyclic amines) is 1. The number of halogens is 1. The maximum absolute atomic E-state index is 11.3. The molecular formula is C26H35ClN2O5. The standard InChI is InChI=1S/C26H35ClN2O5/c1-19-6-7-22(27)23(14-19)34-18-26(32)17-28(11-8-24(26)30)16-25(31)9-12-29(13-10-25)20-4-3-5-21(15-20)33-2/h3-7,14-15,24,30-32H,8-13,16-18H2,1-2H3/t24-,26-/m0/s1. The summed E-state index contributed by atoms with van der Waals surface area (Å²) in [5.41, 5.74) is -0.203. The van der Waals surface area contributed by atoms with Crippen molar-refractivity contribution in [2.75, 3.05) is 51.3 Å². The van der Waals surface area contributed by atoms with Crippen molar-refractivity contribution in [1.82, 2.24) is 4.90 Å². The first kappa shape index (κ1) is 25.1. The predicted octanol–water partition coefficient (Wildman–Crippen LogP) is 2.87. The number of benzene rings is 2. The van der Waals surface area contributed by atoms with E-state index in [0.29, 0.717) is 43.1 Å². The second kappa shape index (κ2) is 10.3. The third-order valence-corrected chi connectivity index (χ3v) is 7.34. The van der Waals surface area contributed by atoms with E-state index in [1.54, 1.807) is 13.2 Å². The van der Waals surface area contributed by atoms with Crippen LogP contribution in [0.5, 0.6) is 11.5 Å². The lowest BCUT2D eigenvalue weighted by Crippen LogP contribution is -2.62. The molecule has 3 N–H and O–H groups in total. The van der Waals surface area contributed by atoms with Crippen molar-refractivity contribution in [1.29, 1.82) is 0 Å². The SMILES string of the molecule is COc1cccc(N2CCC(O)(CN3CC[C@H](O)[C@@](O)(COc4cc(C)ccc4Cl)C3)CC2)c1. The average molecular weight is 491 g/mol. The number of hydrogen-bond acceptors (Lipinski definition) is 7. The molecule has 2 aliphatic heterocycles. The first-order valence-electron chi connectivity index (χ1n) is 11.8. The largest absolute Gasteiger partial charge is 0.497 e. The summed E-state index contributed by atoms with van der Waals surface area (Å²) in [6, 6.07) is 13.4. The van der Waals surface area contributed by atoms with E-state index in [4.69, 9.17) is 21.1 Å². The fourth-order valence-corrected chi connectivity index (χ4v) is 5.08. The monoisotopic (exact) mass is 490 g/mol. The number of β-amino-alcohol motifs (C(OH)–C–C–N with tert-alkyl or cyclic N) is 2. The van der Waals surface area contributed by atoms with Crippen molar-refractivity contribution in [2.24, 2.45) is 0 Å². The van der Waals surface area contributed by atoms with Gasteiger partial charge in [-0.15, -0.1) is 0 Å². The van der Waals surface area contributed by atoms with Crippen LogP contribution in [0.3, 0.4) is 0 Å². The van der Waals surface area contributed by atoms with Gasteiger partial charge in [-0.05, 0) is 56.0 Å². The second-order valence-electron chi connectivity index (χ2n) is 9.75. The molecule has 2 heterocycles. The summed E-state index contributed by atoms with van der Waals surface area (Å²) in [7, 11) is 1.66. The number of nitrogens with zero attached hydrogens (tertiary/aromatic N) is 2. The van der Waals surface area contributed by atoms with Crippen molar-refractivity contribution in [3.63, 3.8) is 0 Å². The molecular weight excluding hydrogens is 456 g/mol. The van der Waals surface area contributed by atoms with Gasteiger partial charge in [0.05, 0.1) is 23.8 Å². The summed E-state index contributed by atoms with van der Waals surface area (Å²) < 4.78 is 11.2. The van der Waals surface area contributed by atoms with E-state index in [1.807, 2.05) is 42.2 Å². The molecule has 0 bridgehead atoms. The van der Waals surface area contributed by atoms with Crippen LogP contribution in [0.2, 0.25) is 5.02 Å². The summed E-state index contributed by atoms with van der Waals surface area (Å²) in [6.45, 7) is 4.61. The number of piperidine rings is 2. The van der Waals surface area contributed by atoms with Gasteiger partial charge in [-0.1, -0.05) is 23.7 Å². The number of methoxy groups -OCH3 is 1. The average Bonchev–Trinajstić information content (AvgIpc) is 2.82. The Balaban J connectivity index is 1.35. The van der Waals surface area contributed by atoms with Gasteiger partial charge in [0.25, 0.3) is 0 Å². The Morgan fingerprint density at radius 2 is 1.85 bits per heavy atom. The molecule has 2 atom stereocenters. The van der Waals surface area contributed by atoms with Crippen LogP contribution in [-0.2, 0) is 0 Å². The van der Waals surface area contributed by atoms with E-state index in [9.17, 15) is 15.3 Å². The number of anilines is 1. The number of aliphatic hydroxyl groups excluding tert-OH is 1. The molecule has 0 aliphatic carbocycles. The van der Waals surface area contributed by atoms with Gasteiger partial charge in [0.2, 0.25) is 0 Å². The molecule has 0 aromatic heterocycles. The van der Waals surface area contributed by atoms with Crippen LogP contribution in [-0.4, -0.2) is 84.0 Å². The van der Waals surface area contributed by atoms with Crippen LogP contribution >= 0.6 is 11.6 Å². The molecule has 186 valence electrons. The second-order valence-corrected chi connectivity index (χ2v) is 10.2. The molecule has 0 radical (unpaired) electrons. The van der Waals surface area contributed by atoms with Crippen molar-refractivity contribution in [2.45, 2.75) is 43.5 Å². The number of ether oxygens (including phenoxy) is 2. The number of aliphatic hydroxyl groups is 3. The zero-order chi connectivity index (χ0) is 24.3. The highest BCUT2D eigenvalue weighted by Gasteiger charge is 2.44. The molecule has 0 saturated carbocycles. The Morgan fingerprint density at radius 1 is 1.09 bits per heavy atom. The Morgan fingerprint density at radius 3 is 2.59 bits per heavy atom. The van der Waals surface area contributed by atoms with Crippen LogP contribution in [0.25, 0.3) is 0 Å². The predicted molar refractivity (Wildman–Crippen MR) is 133 cm³/mol. The van der Waals surface area contributed by atoms with Crippen molar-refractivity contribution in [3.05, 3.63) is 53.1 Å². The minimum absolute atomic E-state index is 0.0735. The first-order valence-corrected chi connectivity index (χ1v) is 12.2. The third kappa shape index (κ3) is 5.78. The van der Waals surface area contributed by atoms with Crippen LogP contribution in [0.15, 0.2) is 42.5 Å². The summed E-state index contributed by atoms with van der Waals surface area (Å²) in [5.74, 6) is 1.31. The minimum Gasteiger partial charge on any atom is -0.497 e. The molecule has 0 spiro atoms. The van der Waals surface area contributed by atoms with E-state index < -0.39 is 17.3 Å². The zero-order valence-corrected chi connectivity index (χ0v) is 20.7. The Hall–Kier alpha value is -2.03. The fraction of sp³-hybridized carbons (Fsp3) is 0.538. The minimum atomic E-state index is -1.44. The molecule has 8 heteroatoms. The van der Waals surface area contributed by atoms with Gasteiger partial charge in [0, 0.05) is 44.5 Å². The molecule has 2 fully saturated rings. The molecule has 4 rings (SSSR count). The molecule has 34 heavy (non-hydrogen) atoms. The number of rotatable bonds is 7. The normalized spacial score (nSPS) is 25.2. The highest BCUT2D eigenvalue weighted by atomic mass is 35.5. The van der Waals surface area contributed by atoms with E-state index >= 15 is 0 Å². The van der Waals surface area contributed by atoms with Crippen LogP contribution in [0.4, 0.5) is 5.69 Å². The topological polar surface area (TPSA) is 85.6 Å². The fourth-order valence-electron chi connectivity index (χ4n) is 4.91. The van der Waals surface area contributed by atoms with Crippen LogP contribution in [0.1, 0.15) is 24.8 Å². The maximum atomic E-state index is 11.3. The third-order valence-electron chi connectivity index (χ3n) is 7.03. The maximum Gasteiger partial charge on any atom is 0.138 e. The van der Waals surface area contributed by atoms with Gasteiger partial charge in [-0.25, -0.2) is 0 Å². The molecule has 0 unspecified atom stereocenters. The van der Waals surface area contributed by atoms with Gasteiger partial charge in [-0.3, -0.25) is 4.90 Å². The molecule has 2 aliphatic rings. The lowest BCUT2D eigenvalue weighted by atomic mass is 9.86. The van der Waals surface area contributed by atoms with Crippen molar-refractivity contribution >= 4 is 17.3 Å². The number of hydrogen-bond donors (Lipinski definition) is 3. The van der Waals surface area contributed by atoms with Gasteiger partial charge < -0.3 is 29.7 Å². The van der Waals surface area contributed by atoms with E-state index in [-0.39, 0.29) is 13.2 Å². The van der Waals surface area contributed by atoms with Crippen LogP contribution in [0, 0.1) is 6.92 Å². The van der Waals surface area contributed by atoms with E-state index in [2.05, 4.69) is 11.0 Å². The quantitative estimate of drug-likeness (QED) is 0.550. The van der Waals surface area contributed by atoms with Gasteiger partial charge >= 0.3 is 0 Å². The van der Waals surface area contributed by atoms with Gasteiger partial charge in [0.1, 0.15) is 23.7 Å². The first-order chi connectivity index (χ1) is 16.2. The summed E-state index contributed by atoms with van der Waals surface area (Å²) in [6.07, 6.45) is 0.749. The highest BCUT2D eigenvalue weighted by molar-refractivity contribution is 6.32. The number of aryl methyl sites for hydroxylation is 1. The molecule has 0 amide bonds. The summed E-state index contributed by atoms with van der Waals surface area (Å²) in [5, 5.41) is 33.6. The van der Waals surface area contributed by atoms with E-state index in [1.165, 1.54) is 0 Å². The summed E-state index contributed by atoms with van der Waals surface area (Å²) in [4.78, 5) is 4.29. The molecule has 7 nitrogen and oxygen atoms in total. The smallest absolute Gasteiger partial charge is 0.138 e. The molecule has 2 aromatic rings. The molecule has 2 saturated heterocycles.